The molecule has 2 aromatic rings. The minimum absolute atomic E-state index is 0.253. The quantitative estimate of drug-likeness (QED) is 0.803. The van der Waals surface area contributed by atoms with E-state index >= 15 is 0 Å². The summed E-state index contributed by atoms with van der Waals surface area (Å²) in [5.41, 5.74) is 0.253. The fourth-order valence-electron chi connectivity index (χ4n) is 1.52. The zero-order valence-corrected chi connectivity index (χ0v) is 13.1. The van der Waals surface area contributed by atoms with Gasteiger partial charge < -0.3 is 9.84 Å². The minimum atomic E-state index is -0.952. The molecule has 5 heteroatoms. The number of ether oxygens (including phenoxy) is 1. The van der Waals surface area contributed by atoms with E-state index in [4.69, 9.17) is 4.74 Å². The maximum absolute atomic E-state index is 11.3. The lowest BCUT2D eigenvalue weighted by atomic mass is 10.2. The number of benzene rings is 2. The van der Waals surface area contributed by atoms with Crippen LogP contribution in [0.15, 0.2) is 52.3 Å². The van der Waals surface area contributed by atoms with Gasteiger partial charge in [-0.1, -0.05) is 11.8 Å². The van der Waals surface area contributed by atoms with Gasteiger partial charge >= 0.3 is 5.97 Å². The van der Waals surface area contributed by atoms with E-state index in [2.05, 4.69) is 22.6 Å². The molecule has 2 aromatic carbocycles. The Bertz CT molecular complexity index is 596. The van der Waals surface area contributed by atoms with Crippen LogP contribution in [0.3, 0.4) is 0 Å². The Morgan fingerprint density at radius 1 is 1.21 bits per heavy atom. The van der Waals surface area contributed by atoms with Crippen molar-refractivity contribution in [3.8, 4) is 5.75 Å². The molecule has 0 saturated heterocycles. The Hall–Kier alpha value is -1.21. The highest BCUT2D eigenvalue weighted by molar-refractivity contribution is 14.1. The van der Waals surface area contributed by atoms with Crippen LogP contribution in [0.4, 0.5) is 0 Å². The van der Waals surface area contributed by atoms with E-state index in [1.54, 1.807) is 12.1 Å². The molecule has 2 rings (SSSR count). The summed E-state index contributed by atoms with van der Waals surface area (Å²) in [6, 6.07) is 13.0. The molecule has 0 aliphatic carbocycles. The molecule has 0 fully saturated rings. The molecule has 0 saturated carbocycles. The molecule has 0 atom stereocenters. The second-order valence-electron chi connectivity index (χ2n) is 3.72. The molecule has 3 nitrogen and oxygen atoms in total. The van der Waals surface area contributed by atoms with E-state index < -0.39 is 5.97 Å². The van der Waals surface area contributed by atoms with E-state index in [1.807, 2.05) is 24.3 Å². The predicted molar refractivity (Wildman–Crippen MR) is 83.2 cm³/mol. The number of halogens is 1. The number of methoxy groups -OCH3 is 1. The van der Waals surface area contributed by atoms with Crippen molar-refractivity contribution in [2.24, 2.45) is 0 Å². The van der Waals surface area contributed by atoms with Gasteiger partial charge in [-0.15, -0.1) is 0 Å². The number of hydrogen-bond acceptors (Lipinski definition) is 3. The molecule has 0 spiro atoms. The number of carbonyl (C=O) groups is 1. The smallest absolute Gasteiger partial charge is 0.336 e. The summed E-state index contributed by atoms with van der Waals surface area (Å²) < 4.78 is 6.20. The number of carboxylic acids is 1. The van der Waals surface area contributed by atoms with Crippen LogP contribution in [0, 0.1) is 3.57 Å². The summed E-state index contributed by atoms with van der Waals surface area (Å²) in [5.74, 6) is -0.406. The lowest BCUT2D eigenvalue weighted by Gasteiger charge is -2.08. The SMILES string of the molecule is COc1ccc(Sc2ccc(I)cc2)c(C(=O)O)c1. The average Bonchev–Trinajstić information content (AvgIpc) is 2.41. The Labute approximate surface area is 129 Å². The molecule has 19 heavy (non-hydrogen) atoms. The maximum atomic E-state index is 11.3. The number of hydrogen-bond donors (Lipinski definition) is 1. The van der Waals surface area contributed by atoms with E-state index in [0.29, 0.717) is 10.6 Å². The van der Waals surface area contributed by atoms with Crippen molar-refractivity contribution in [3.63, 3.8) is 0 Å². The fourth-order valence-corrected chi connectivity index (χ4v) is 2.80. The molecule has 0 bridgehead atoms. The molecular weight excluding hydrogens is 375 g/mol. The highest BCUT2D eigenvalue weighted by Crippen LogP contribution is 2.32. The molecule has 0 aliphatic heterocycles. The highest BCUT2D eigenvalue weighted by Gasteiger charge is 2.12. The first kappa shape index (κ1) is 14.2. The van der Waals surface area contributed by atoms with Crippen molar-refractivity contribution < 1.29 is 14.6 Å². The largest absolute Gasteiger partial charge is 0.497 e. The number of rotatable bonds is 4. The number of aromatic carboxylic acids is 1. The number of carboxylic acid groups (broad SMARTS) is 1. The highest BCUT2D eigenvalue weighted by atomic mass is 127. The summed E-state index contributed by atoms with van der Waals surface area (Å²) in [5, 5.41) is 9.24. The first-order valence-corrected chi connectivity index (χ1v) is 7.34. The van der Waals surface area contributed by atoms with Gasteiger partial charge in [0.15, 0.2) is 0 Å². The van der Waals surface area contributed by atoms with Gasteiger partial charge in [-0.2, -0.15) is 0 Å². The van der Waals surface area contributed by atoms with Crippen molar-refractivity contribution in [1.82, 2.24) is 0 Å². The summed E-state index contributed by atoms with van der Waals surface area (Å²) in [4.78, 5) is 13.0. The summed E-state index contributed by atoms with van der Waals surface area (Å²) in [6.07, 6.45) is 0. The molecule has 0 heterocycles. The van der Waals surface area contributed by atoms with Gasteiger partial charge in [-0.25, -0.2) is 4.79 Å². The van der Waals surface area contributed by atoms with Gasteiger partial charge in [0.1, 0.15) is 5.75 Å². The van der Waals surface area contributed by atoms with E-state index in [1.165, 1.54) is 24.9 Å². The average molecular weight is 386 g/mol. The Kier molecular flexibility index (Phi) is 4.71. The third-order valence-electron chi connectivity index (χ3n) is 2.46. The Balaban J connectivity index is 2.33. The summed E-state index contributed by atoms with van der Waals surface area (Å²) >= 11 is 3.66. The van der Waals surface area contributed by atoms with E-state index in [9.17, 15) is 9.90 Å². The molecule has 0 radical (unpaired) electrons. The third-order valence-corrected chi connectivity index (χ3v) is 4.26. The molecule has 0 aromatic heterocycles. The van der Waals surface area contributed by atoms with Crippen LogP contribution in [-0.2, 0) is 0 Å². The molecule has 0 aliphatic rings. The maximum Gasteiger partial charge on any atom is 0.336 e. The molecule has 98 valence electrons. The van der Waals surface area contributed by atoms with Gasteiger partial charge in [-0.05, 0) is 65.1 Å². The molecule has 0 amide bonds. The normalized spacial score (nSPS) is 10.2. The van der Waals surface area contributed by atoms with Crippen LogP contribution in [-0.4, -0.2) is 18.2 Å². The summed E-state index contributed by atoms with van der Waals surface area (Å²) in [7, 11) is 1.52. The van der Waals surface area contributed by atoms with E-state index in [0.717, 1.165) is 8.47 Å². The second kappa shape index (κ2) is 6.29. The molecule has 1 N–H and O–H groups in total. The minimum Gasteiger partial charge on any atom is -0.497 e. The lowest BCUT2D eigenvalue weighted by Crippen LogP contribution is -1.99. The lowest BCUT2D eigenvalue weighted by molar-refractivity contribution is 0.0692. The van der Waals surface area contributed by atoms with E-state index in [-0.39, 0.29) is 5.56 Å². The fraction of sp³-hybridized carbons (Fsp3) is 0.0714. The molecular formula is C14H11IO3S. The monoisotopic (exact) mass is 386 g/mol. The van der Waals surface area contributed by atoms with Crippen LogP contribution in [0.1, 0.15) is 10.4 Å². The van der Waals surface area contributed by atoms with Crippen LogP contribution in [0.2, 0.25) is 0 Å². The van der Waals surface area contributed by atoms with Crippen molar-refractivity contribution in [3.05, 3.63) is 51.6 Å². The van der Waals surface area contributed by atoms with Crippen LogP contribution in [0.5, 0.6) is 5.75 Å². The van der Waals surface area contributed by atoms with Crippen molar-refractivity contribution in [1.29, 1.82) is 0 Å². The van der Waals surface area contributed by atoms with Crippen molar-refractivity contribution >= 4 is 40.3 Å². The Morgan fingerprint density at radius 3 is 2.47 bits per heavy atom. The first-order valence-electron chi connectivity index (χ1n) is 5.45. The van der Waals surface area contributed by atoms with Gasteiger partial charge in [0, 0.05) is 13.4 Å². The van der Waals surface area contributed by atoms with Crippen LogP contribution >= 0.6 is 34.4 Å². The zero-order valence-electron chi connectivity index (χ0n) is 10.1. The zero-order chi connectivity index (χ0) is 13.8. The van der Waals surface area contributed by atoms with Gasteiger partial charge in [0.25, 0.3) is 0 Å². The Morgan fingerprint density at radius 2 is 1.89 bits per heavy atom. The third kappa shape index (κ3) is 3.63. The topological polar surface area (TPSA) is 46.5 Å². The van der Waals surface area contributed by atoms with Crippen LogP contribution < -0.4 is 4.74 Å². The first-order chi connectivity index (χ1) is 9.10. The second-order valence-corrected chi connectivity index (χ2v) is 6.08. The predicted octanol–water partition coefficient (Wildman–Crippen LogP) is 4.15. The van der Waals surface area contributed by atoms with Gasteiger partial charge in [-0.3, -0.25) is 0 Å². The van der Waals surface area contributed by atoms with Gasteiger partial charge in [0.2, 0.25) is 0 Å². The van der Waals surface area contributed by atoms with Crippen molar-refractivity contribution in [2.45, 2.75) is 9.79 Å². The van der Waals surface area contributed by atoms with Crippen LogP contribution in [0.25, 0.3) is 0 Å². The molecule has 0 unspecified atom stereocenters. The van der Waals surface area contributed by atoms with Crippen molar-refractivity contribution in [2.75, 3.05) is 7.11 Å². The standard InChI is InChI=1S/C14H11IO3S/c1-18-10-4-7-13(12(8-10)14(16)17)19-11-5-2-9(15)3-6-11/h2-8H,1H3,(H,16,17). The van der Waals surface area contributed by atoms with Gasteiger partial charge in [0.05, 0.1) is 12.7 Å². The summed E-state index contributed by atoms with van der Waals surface area (Å²) in [6.45, 7) is 0.